The molecule has 0 amide bonds. The van der Waals surface area contributed by atoms with Crippen molar-refractivity contribution in [2.24, 2.45) is 5.06 Å². The minimum atomic E-state index is 0.778. The van der Waals surface area contributed by atoms with Crippen LogP contribution in [0, 0.1) is 0 Å². The second-order valence-electron chi connectivity index (χ2n) is 0.910. The van der Waals surface area contributed by atoms with Gasteiger partial charge in [0.2, 0.25) is 0 Å². The molecule has 0 aromatic heterocycles. The van der Waals surface area contributed by atoms with Gasteiger partial charge >= 0.3 is 29.9 Å². The molecule has 0 spiro atoms. The summed E-state index contributed by atoms with van der Waals surface area (Å²) in [6, 6.07) is 0. The number of hydrogen-bond donors (Lipinski definition) is 0. The van der Waals surface area contributed by atoms with Crippen molar-refractivity contribution < 1.29 is 4.84 Å². The van der Waals surface area contributed by atoms with Crippen LogP contribution in [0.2, 0.25) is 6.32 Å². The third-order valence-electron chi connectivity index (χ3n) is 0.487. The van der Waals surface area contributed by atoms with Crippen molar-refractivity contribution in [3.8, 4) is 0 Å². The zero-order valence-electron chi connectivity index (χ0n) is 2.85. The Hall–Kier alpha value is -0.335. The van der Waals surface area contributed by atoms with E-state index in [0.29, 0.717) is 0 Å². The van der Waals surface area contributed by atoms with E-state index in [9.17, 15) is 0 Å². The molecule has 0 N–H and O–H groups in total. The maximum atomic E-state index is 4.51. The maximum absolute atomic E-state index is 4.51. The number of nitrogens with zero attached hydrogens (tertiary/aromatic N) is 1. The summed E-state index contributed by atoms with van der Waals surface area (Å²) in [7, 11) is 1.76. The van der Waals surface area contributed by atoms with E-state index >= 15 is 0 Å². The molecular formula is C2H4BNO. The zero-order chi connectivity index (χ0) is 3.54. The molecule has 1 aliphatic heterocycles. The molecular weight excluding hydrogens is 64.8 g/mol. The van der Waals surface area contributed by atoms with E-state index in [0.717, 1.165) is 12.9 Å². The van der Waals surface area contributed by atoms with Crippen molar-refractivity contribution in [3.63, 3.8) is 0 Å². The van der Waals surface area contributed by atoms with Crippen molar-refractivity contribution in [2.45, 2.75) is 6.32 Å². The van der Waals surface area contributed by atoms with E-state index in [1.807, 2.05) is 0 Å². The first kappa shape index (κ1) is 2.88. The molecule has 26 valence electrons. The summed E-state index contributed by atoms with van der Waals surface area (Å²) < 4.78 is 0. The molecule has 0 aromatic rings. The standard InChI is InChI=1S/C2H4BNO/c1-2-5-4-3-1/h1-2H2. The van der Waals surface area contributed by atoms with Crippen LogP contribution in [-0.2, 0) is 4.84 Å². The van der Waals surface area contributed by atoms with Crippen LogP contribution >= 0.6 is 0 Å². The van der Waals surface area contributed by atoms with E-state index in [1.165, 1.54) is 0 Å². The molecule has 1 aliphatic rings. The van der Waals surface area contributed by atoms with Gasteiger partial charge in [-0.3, -0.25) is 0 Å². The molecule has 1 heterocycles. The van der Waals surface area contributed by atoms with Crippen molar-refractivity contribution in [1.82, 2.24) is 0 Å². The summed E-state index contributed by atoms with van der Waals surface area (Å²) in [6.45, 7) is 0.778. The van der Waals surface area contributed by atoms with Crippen LogP contribution in [0.5, 0.6) is 0 Å². The Bertz CT molecular complexity index is 47.6. The average Bonchev–Trinajstić information content (AvgIpc) is 1.76. The van der Waals surface area contributed by atoms with E-state index in [2.05, 4.69) is 9.90 Å². The van der Waals surface area contributed by atoms with Gasteiger partial charge in [-0.2, -0.15) is 0 Å². The van der Waals surface area contributed by atoms with Crippen LogP contribution in [0.3, 0.4) is 0 Å². The summed E-state index contributed by atoms with van der Waals surface area (Å²) in [5.74, 6) is 0. The molecule has 0 aliphatic carbocycles. The third-order valence-corrected chi connectivity index (χ3v) is 0.487. The second kappa shape index (κ2) is 1.20. The van der Waals surface area contributed by atoms with Crippen LogP contribution < -0.4 is 0 Å². The van der Waals surface area contributed by atoms with Crippen LogP contribution in [-0.4, -0.2) is 13.7 Å². The first-order valence-electron chi connectivity index (χ1n) is 1.64. The van der Waals surface area contributed by atoms with E-state index < -0.39 is 0 Å². The topological polar surface area (TPSA) is 21.6 Å². The molecule has 1 rings (SSSR count). The van der Waals surface area contributed by atoms with E-state index in [4.69, 9.17) is 0 Å². The van der Waals surface area contributed by atoms with Crippen LogP contribution in [0.25, 0.3) is 0 Å². The Morgan fingerprint density at radius 2 is 2.80 bits per heavy atom. The molecule has 0 fully saturated rings. The van der Waals surface area contributed by atoms with Gasteiger partial charge in [-0.05, 0) is 0 Å². The zero-order valence-corrected chi connectivity index (χ0v) is 2.85. The molecule has 2 nitrogen and oxygen atoms in total. The molecule has 0 aromatic carbocycles. The summed E-state index contributed by atoms with van der Waals surface area (Å²) in [4.78, 5) is 4.51. The van der Waals surface area contributed by atoms with Gasteiger partial charge in [0, 0.05) is 0 Å². The first-order valence-corrected chi connectivity index (χ1v) is 1.64. The molecule has 0 unspecified atom stereocenters. The predicted octanol–water partition coefficient (Wildman–Crippen LogP) is 0.238. The molecule has 0 radical (unpaired) electrons. The Morgan fingerprint density at radius 1 is 1.80 bits per heavy atom. The van der Waals surface area contributed by atoms with Crippen LogP contribution in [0.1, 0.15) is 0 Å². The van der Waals surface area contributed by atoms with Gasteiger partial charge in [-0.1, -0.05) is 0 Å². The van der Waals surface area contributed by atoms with Gasteiger partial charge in [0.05, 0.1) is 0 Å². The summed E-state index contributed by atoms with van der Waals surface area (Å²) in [5, 5.41) is 3.46. The Balaban J connectivity index is 2.32. The Kier molecular flexibility index (Phi) is 0.689. The number of rotatable bonds is 0. The van der Waals surface area contributed by atoms with Gasteiger partial charge in [0.25, 0.3) is 0 Å². The SMILES string of the molecule is B1=NOCC1. The molecule has 5 heavy (non-hydrogen) atoms. The van der Waals surface area contributed by atoms with Crippen LogP contribution in [0.4, 0.5) is 0 Å². The van der Waals surface area contributed by atoms with Gasteiger partial charge in [-0.25, -0.2) is 0 Å². The predicted molar refractivity (Wildman–Crippen MR) is 18.9 cm³/mol. The third kappa shape index (κ3) is 0.467. The quantitative estimate of drug-likeness (QED) is 0.373. The van der Waals surface area contributed by atoms with Crippen LogP contribution in [0.15, 0.2) is 5.06 Å². The van der Waals surface area contributed by atoms with Gasteiger partial charge in [0.15, 0.2) is 0 Å². The minimum absolute atomic E-state index is 0.778. The normalized spacial score (nSPS) is 17.6. The van der Waals surface area contributed by atoms with Crippen molar-refractivity contribution in [2.75, 3.05) is 6.61 Å². The molecule has 0 saturated heterocycles. The number of hydrogen-bond acceptors (Lipinski definition) is 2. The van der Waals surface area contributed by atoms with E-state index in [1.54, 1.807) is 7.07 Å². The van der Waals surface area contributed by atoms with Crippen molar-refractivity contribution in [1.29, 1.82) is 0 Å². The van der Waals surface area contributed by atoms with Crippen molar-refractivity contribution >= 4 is 7.07 Å². The summed E-state index contributed by atoms with van der Waals surface area (Å²) >= 11 is 0. The Morgan fingerprint density at radius 3 is 3.00 bits per heavy atom. The monoisotopic (exact) mass is 69.0 g/mol. The average molecular weight is 68.9 g/mol. The molecule has 0 saturated carbocycles. The van der Waals surface area contributed by atoms with Crippen molar-refractivity contribution in [3.05, 3.63) is 0 Å². The molecule has 0 atom stereocenters. The van der Waals surface area contributed by atoms with Gasteiger partial charge in [-0.15, -0.1) is 0 Å². The Labute approximate surface area is 31.1 Å². The fourth-order valence-electron chi connectivity index (χ4n) is 0.264. The van der Waals surface area contributed by atoms with Gasteiger partial charge < -0.3 is 0 Å². The summed E-state index contributed by atoms with van der Waals surface area (Å²) in [5.41, 5.74) is 0. The van der Waals surface area contributed by atoms with E-state index in [-0.39, 0.29) is 0 Å². The fourth-order valence-corrected chi connectivity index (χ4v) is 0.264. The molecule has 3 heteroatoms. The fraction of sp³-hybridized carbons (Fsp3) is 1.00. The van der Waals surface area contributed by atoms with Gasteiger partial charge in [0.1, 0.15) is 0 Å². The first-order chi connectivity index (χ1) is 2.50. The second-order valence-corrected chi connectivity index (χ2v) is 0.910. The summed E-state index contributed by atoms with van der Waals surface area (Å²) in [6.07, 6.45) is 0.986. The molecule has 0 bridgehead atoms.